The number of benzene rings is 1. The molecule has 1 aliphatic carbocycles. The summed E-state index contributed by atoms with van der Waals surface area (Å²) in [6.07, 6.45) is 2.87. The minimum absolute atomic E-state index is 0.198. The lowest BCUT2D eigenvalue weighted by Crippen LogP contribution is -2.14. The van der Waals surface area contributed by atoms with Crippen LogP contribution in [0.1, 0.15) is 30.7 Å². The Morgan fingerprint density at radius 2 is 2.14 bits per heavy atom. The maximum atomic E-state index is 13.5. The summed E-state index contributed by atoms with van der Waals surface area (Å²) >= 11 is 5.69. The lowest BCUT2D eigenvalue weighted by Gasteiger charge is -2.10. The molecule has 0 heterocycles. The van der Waals surface area contributed by atoms with Gasteiger partial charge in [0.05, 0.1) is 0 Å². The lowest BCUT2D eigenvalue weighted by atomic mass is 9.97. The van der Waals surface area contributed by atoms with Gasteiger partial charge in [0.1, 0.15) is 5.82 Å². The summed E-state index contributed by atoms with van der Waals surface area (Å²) in [6, 6.07) is 5.13. The van der Waals surface area contributed by atoms with E-state index in [-0.39, 0.29) is 17.8 Å². The van der Waals surface area contributed by atoms with Crippen molar-refractivity contribution in [3.63, 3.8) is 0 Å². The molecule has 2 N–H and O–H groups in total. The molecule has 0 aliphatic heterocycles. The minimum atomic E-state index is -0.198. The molecule has 1 aliphatic rings. The van der Waals surface area contributed by atoms with Gasteiger partial charge in [0.15, 0.2) is 0 Å². The second-order valence-electron chi connectivity index (χ2n) is 3.94. The van der Waals surface area contributed by atoms with Crippen LogP contribution in [-0.4, -0.2) is 6.04 Å². The molecule has 1 aromatic rings. The summed E-state index contributed by atoms with van der Waals surface area (Å²) in [7, 11) is 0. The van der Waals surface area contributed by atoms with E-state index in [1.165, 1.54) is 6.07 Å². The summed E-state index contributed by atoms with van der Waals surface area (Å²) in [5.74, 6) is 0.0823. The zero-order valence-corrected chi connectivity index (χ0v) is 8.60. The fourth-order valence-corrected chi connectivity index (χ4v) is 2.29. The maximum Gasteiger partial charge on any atom is 0.128 e. The van der Waals surface area contributed by atoms with Crippen molar-refractivity contribution in [3.05, 3.63) is 34.6 Å². The number of rotatable bonds is 1. The van der Waals surface area contributed by atoms with Crippen molar-refractivity contribution in [1.82, 2.24) is 0 Å². The van der Waals surface area contributed by atoms with Crippen LogP contribution in [0.5, 0.6) is 0 Å². The molecule has 0 saturated heterocycles. The van der Waals surface area contributed by atoms with E-state index in [1.807, 2.05) is 0 Å². The zero-order chi connectivity index (χ0) is 10.1. The smallest absolute Gasteiger partial charge is 0.128 e. The molecule has 1 nitrogen and oxygen atoms in total. The third kappa shape index (κ3) is 1.91. The van der Waals surface area contributed by atoms with Crippen molar-refractivity contribution in [1.29, 1.82) is 0 Å². The fourth-order valence-electron chi connectivity index (χ4n) is 2.13. The van der Waals surface area contributed by atoms with Gasteiger partial charge in [-0.2, -0.15) is 0 Å². The Morgan fingerprint density at radius 3 is 2.71 bits per heavy atom. The molecular weight excluding hydrogens is 201 g/mol. The second-order valence-corrected chi connectivity index (χ2v) is 4.37. The van der Waals surface area contributed by atoms with Gasteiger partial charge >= 0.3 is 0 Å². The van der Waals surface area contributed by atoms with Gasteiger partial charge in [-0.3, -0.25) is 0 Å². The van der Waals surface area contributed by atoms with E-state index in [1.54, 1.807) is 12.1 Å². The fraction of sp³-hybridized carbons (Fsp3) is 0.455. The predicted octanol–water partition coefficient (Wildman–Crippen LogP) is 3.07. The van der Waals surface area contributed by atoms with Crippen molar-refractivity contribution in [2.24, 2.45) is 5.73 Å². The van der Waals surface area contributed by atoms with E-state index in [0.29, 0.717) is 5.02 Å². The van der Waals surface area contributed by atoms with Gasteiger partial charge in [0.2, 0.25) is 0 Å². The van der Waals surface area contributed by atoms with Crippen LogP contribution in [0.4, 0.5) is 4.39 Å². The number of nitrogens with two attached hydrogens (primary N) is 1. The van der Waals surface area contributed by atoms with Crippen molar-refractivity contribution in [2.45, 2.75) is 31.2 Å². The Bertz CT molecular complexity index is 340. The van der Waals surface area contributed by atoms with E-state index in [0.717, 1.165) is 24.8 Å². The molecule has 0 spiro atoms. The van der Waals surface area contributed by atoms with Gasteiger partial charge < -0.3 is 5.73 Å². The molecule has 2 atom stereocenters. The van der Waals surface area contributed by atoms with Crippen LogP contribution < -0.4 is 5.73 Å². The molecule has 1 fully saturated rings. The molecule has 0 radical (unpaired) electrons. The first kappa shape index (κ1) is 9.94. The normalized spacial score (nSPS) is 26.8. The van der Waals surface area contributed by atoms with Crippen LogP contribution in [-0.2, 0) is 0 Å². The Labute approximate surface area is 88.1 Å². The van der Waals surface area contributed by atoms with Crippen molar-refractivity contribution >= 4 is 11.6 Å². The molecular formula is C11H13ClFN. The molecule has 0 amide bonds. The monoisotopic (exact) mass is 213 g/mol. The van der Waals surface area contributed by atoms with Gasteiger partial charge in [-0.25, -0.2) is 4.39 Å². The zero-order valence-electron chi connectivity index (χ0n) is 7.84. The van der Waals surface area contributed by atoms with Crippen molar-refractivity contribution in [2.75, 3.05) is 0 Å². The topological polar surface area (TPSA) is 26.0 Å². The molecule has 14 heavy (non-hydrogen) atoms. The van der Waals surface area contributed by atoms with Gasteiger partial charge in [0.25, 0.3) is 0 Å². The van der Waals surface area contributed by atoms with Crippen LogP contribution >= 0.6 is 11.6 Å². The lowest BCUT2D eigenvalue weighted by molar-refractivity contribution is 0.576. The summed E-state index contributed by atoms with van der Waals surface area (Å²) in [5.41, 5.74) is 6.56. The SMILES string of the molecule is NC1CCC(c2ccc(Cl)cc2F)C1. The third-order valence-corrected chi connectivity index (χ3v) is 3.11. The van der Waals surface area contributed by atoms with E-state index < -0.39 is 0 Å². The third-order valence-electron chi connectivity index (χ3n) is 2.88. The maximum absolute atomic E-state index is 13.5. The number of hydrogen-bond donors (Lipinski definition) is 1. The first-order chi connectivity index (χ1) is 6.66. The molecule has 1 saturated carbocycles. The average Bonchev–Trinajstić information content (AvgIpc) is 2.51. The van der Waals surface area contributed by atoms with E-state index in [4.69, 9.17) is 17.3 Å². The number of halogens is 2. The molecule has 3 heteroatoms. The first-order valence-electron chi connectivity index (χ1n) is 4.87. The summed E-state index contributed by atoms with van der Waals surface area (Å²) in [6.45, 7) is 0. The summed E-state index contributed by atoms with van der Waals surface area (Å²) in [4.78, 5) is 0. The predicted molar refractivity (Wildman–Crippen MR) is 56.0 cm³/mol. The Morgan fingerprint density at radius 1 is 1.36 bits per heavy atom. The van der Waals surface area contributed by atoms with E-state index in [2.05, 4.69) is 0 Å². The van der Waals surface area contributed by atoms with E-state index in [9.17, 15) is 4.39 Å². The average molecular weight is 214 g/mol. The van der Waals surface area contributed by atoms with Crippen LogP contribution in [0, 0.1) is 5.82 Å². The van der Waals surface area contributed by atoms with Gasteiger partial charge in [-0.1, -0.05) is 17.7 Å². The van der Waals surface area contributed by atoms with Crippen LogP contribution in [0.2, 0.25) is 5.02 Å². The quantitative estimate of drug-likeness (QED) is 0.763. The summed E-state index contributed by atoms with van der Waals surface area (Å²) < 4.78 is 13.5. The van der Waals surface area contributed by atoms with Crippen molar-refractivity contribution in [3.8, 4) is 0 Å². The minimum Gasteiger partial charge on any atom is -0.328 e. The Kier molecular flexibility index (Phi) is 2.75. The highest BCUT2D eigenvalue weighted by molar-refractivity contribution is 6.30. The highest BCUT2D eigenvalue weighted by Gasteiger charge is 2.25. The molecule has 1 aromatic carbocycles. The molecule has 2 unspecified atom stereocenters. The Hall–Kier alpha value is -0.600. The van der Waals surface area contributed by atoms with Crippen molar-refractivity contribution < 1.29 is 4.39 Å². The summed E-state index contributed by atoms with van der Waals surface area (Å²) in [5, 5.41) is 0.452. The number of hydrogen-bond acceptors (Lipinski definition) is 1. The second kappa shape index (κ2) is 3.87. The van der Waals surface area contributed by atoms with Crippen LogP contribution in [0.3, 0.4) is 0 Å². The van der Waals surface area contributed by atoms with Gasteiger partial charge in [-0.15, -0.1) is 0 Å². The Balaban J connectivity index is 2.24. The molecule has 0 aromatic heterocycles. The standard InChI is InChI=1S/C11H13ClFN/c12-8-2-4-10(11(13)6-8)7-1-3-9(14)5-7/h2,4,6-7,9H,1,3,5,14H2. The molecule has 0 bridgehead atoms. The van der Waals surface area contributed by atoms with Crippen LogP contribution in [0.15, 0.2) is 18.2 Å². The largest absolute Gasteiger partial charge is 0.328 e. The van der Waals surface area contributed by atoms with Gasteiger partial charge in [0, 0.05) is 11.1 Å². The molecule has 2 rings (SSSR count). The highest BCUT2D eigenvalue weighted by Crippen LogP contribution is 2.35. The van der Waals surface area contributed by atoms with Gasteiger partial charge in [-0.05, 0) is 42.9 Å². The first-order valence-corrected chi connectivity index (χ1v) is 5.25. The van der Waals surface area contributed by atoms with E-state index >= 15 is 0 Å². The molecule has 76 valence electrons. The highest BCUT2D eigenvalue weighted by atomic mass is 35.5. The van der Waals surface area contributed by atoms with Crippen LogP contribution in [0.25, 0.3) is 0 Å².